The van der Waals surface area contributed by atoms with E-state index in [0.717, 1.165) is 0 Å². The van der Waals surface area contributed by atoms with Gasteiger partial charge in [-0.1, -0.05) is 41.9 Å². The van der Waals surface area contributed by atoms with E-state index < -0.39 is 23.7 Å². The number of hydrogen-bond donors (Lipinski definition) is 4. The zero-order chi connectivity index (χ0) is 22.5. The average molecular weight is 440 g/mol. The first kappa shape index (κ1) is 22.1. The van der Waals surface area contributed by atoms with Crippen molar-refractivity contribution in [2.45, 2.75) is 19.8 Å². The van der Waals surface area contributed by atoms with Gasteiger partial charge in [0.05, 0.1) is 18.0 Å². The van der Waals surface area contributed by atoms with Gasteiger partial charge >= 0.3 is 5.97 Å². The van der Waals surface area contributed by atoms with E-state index in [9.17, 15) is 19.5 Å². The van der Waals surface area contributed by atoms with Gasteiger partial charge < -0.3 is 21.1 Å². The summed E-state index contributed by atoms with van der Waals surface area (Å²) >= 11 is 6.12. The highest BCUT2D eigenvalue weighted by Crippen LogP contribution is 2.38. The molecule has 4 N–H and O–H groups in total. The molecule has 3 rings (SSSR count). The standard InChI is InChI=1S/C23H22ClN3O4/c1-13-19(22(29)25-12-18(28)27-17-9-4-3-5-10-17)21(15-7-6-8-16(24)11-15)20(23(30)31)14(2)26-13/h3-11,21,26H,12H2,1-2H3,(H,25,29)(H,27,28)(H,30,31). The van der Waals surface area contributed by atoms with Crippen molar-refractivity contribution in [3.63, 3.8) is 0 Å². The van der Waals surface area contributed by atoms with Crippen LogP contribution in [0.15, 0.2) is 77.1 Å². The van der Waals surface area contributed by atoms with Crippen LogP contribution in [-0.2, 0) is 14.4 Å². The number of carbonyl (C=O) groups is 3. The number of amides is 2. The van der Waals surface area contributed by atoms with Gasteiger partial charge in [0.25, 0.3) is 0 Å². The zero-order valence-electron chi connectivity index (χ0n) is 17.0. The number of para-hydroxylation sites is 1. The van der Waals surface area contributed by atoms with Gasteiger partial charge in [-0.25, -0.2) is 4.79 Å². The third-order valence-corrected chi connectivity index (χ3v) is 5.12. The molecule has 0 aromatic heterocycles. The summed E-state index contributed by atoms with van der Waals surface area (Å²) in [5.41, 5.74) is 2.40. The molecule has 160 valence electrons. The Labute approximate surface area is 184 Å². The zero-order valence-corrected chi connectivity index (χ0v) is 17.8. The van der Waals surface area contributed by atoms with Crippen LogP contribution in [0.4, 0.5) is 5.69 Å². The molecule has 31 heavy (non-hydrogen) atoms. The highest BCUT2D eigenvalue weighted by atomic mass is 35.5. The summed E-state index contributed by atoms with van der Waals surface area (Å²) < 4.78 is 0. The van der Waals surface area contributed by atoms with Crippen LogP contribution in [-0.4, -0.2) is 29.4 Å². The number of dihydropyridines is 1. The van der Waals surface area contributed by atoms with E-state index in [1.807, 2.05) is 6.07 Å². The van der Waals surface area contributed by atoms with Crippen LogP contribution >= 0.6 is 11.6 Å². The summed E-state index contributed by atoms with van der Waals surface area (Å²) in [5.74, 6) is -2.92. The van der Waals surface area contributed by atoms with Crippen LogP contribution < -0.4 is 16.0 Å². The van der Waals surface area contributed by atoms with Crippen LogP contribution in [0.3, 0.4) is 0 Å². The molecule has 1 aliphatic rings. The Balaban J connectivity index is 1.86. The lowest BCUT2D eigenvalue weighted by Crippen LogP contribution is -2.39. The topological polar surface area (TPSA) is 108 Å². The second-order valence-electron chi connectivity index (χ2n) is 7.09. The van der Waals surface area contributed by atoms with Crippen molar-refractivity contribution in [3.8, 4) is 0 Å². The van der Waals surface area contributed by atoms with E-state index in [-0.39, 0.29) is 17.7 Å². The largest absolute Gasteiger partial charge is 0.478 e. The van der Waals surface area contributed by atoms with Crippen LogP contribution in [0.5, 0.6) is 0 Å². The number of rotatable bonds is 6. The molecule has 1 heterocycles. The number of carbonyl (C=O) groups excluding carboxylic acids is 2. The molecule has 0 saturated carbocycles. The van der Waals surface area contributed by atoms with Crippen molar-refractivity contribution in [1.82, 2.24) is 10.6 Å². The lowest BCUT2D eigenvalue weighted by Gasteiger charge is -2.30. The summed E-state index contributed by atoms with van der Waals surface area (Å²) in [5, 5.41) is 18.5. The van der Waals surface area contributed by atoms with Gasteiger partial charge in [-0.2, -0.15) is 0 Å². The molecule has 2 aromatic rings. The minimum atomic E-state index is -1.14. The third-order valence-electron chi connectivity index (χ3n) is 4.88. The summed E-state index contributed by atoms with van der Waals surface area (Å²) in [6, 6.07) is 15.6. The number of allylic oxidation sites excluding steroid dienone is 2. The Morgan fingerprint density at radius 3 is 2.32 bits per heavy atom. The predicted molar refractivity (Wildman–Crippen MR) is 118 cm³/mol. The van der Waals surface area contributed by atoms with Crippen molar-refractivity contribution >= 4 is 35.1 Å². The smallest absolute Gasteiger partial charge is 0.334 e. The third kappa shape index (κ3) is 5.13. The predicted octanol–water partition coefficient (Wildman–Crippen LogP) is 3.41. The Hall–Kier alpha value is -3.58. The lowest BCUT2D eigenvalue weighted by molar-refractivity contribution is -0.133. The summed E-state index contributed by atoms with van der Waals surface area (Å²) in [6.07, 6.45) is 0. The Morgan fingerprint density at radius 1 is 1.00 bits per heavy atom. The number of carboxylic acid groups (broad SMARTS) is 1. The maximum atomic E-state index is 13.1. The van der Waals surface area contributed by atoms with Crippen molar-refractivity contribution < 1.29 is 19.5 Å². The molecule has 1 unspecified atom stereocenters. The molecule has 0 bridgehead atoms. The molecule has 8 heteroatoms. The fraction of sp³-hybridized carbons (Fsp3) is 0.174. The lowest BCUT2D eigenvalue weighted by atomic mass is 9.80. The molecule has 1 atom stereocenters. The molecule has 2 aromatic carbocycles. The van der Waals surface area contributed by atoms with E-state index in [0.29, 0.717) is 27.7 Å². The number of benzene rings is 2. The second-order valence-corrected chi connectivity index (χ2v) is 7.53. The van der Waals surface area contributed by atoms with Gasteiger partial charge in [0.1, 0.15) is 0 Å². The second kappa shape index (κ2) is 9.49. The fourth-order valence-corrected chi connectivity index (χ4v) is 3.78. The fourth-order valence-electron chi connectivity index (χ4n) is 3.58. The van der Waals surface area contributed by atoms with Crippen LogP contribution in [0.25, 0.3) is 0 Å². The maximum absolute atomic E-state index is 13.1. The Bertz CT molecular complexity index is 1090. The summed E-state index contributed by atoms with van der Waals surface area (Å²) in [6.45, 7) is 3.07. The van der Waals surface area contributed by atoms with Crippen LogP contribution in [0.2, 0.25) is 5.02 Å². The first-order valence-corrected chi connectivity index (χ1v) is 9.96. The average Bonchev–Trinajstić information content (AvgIpc) is 2.72. The van der Waals surface area contributed by atoms with E-state index in [2.05, 4.69) is 16.0 Å². The Kier molecular flexibility index (Phi) is 6.77. The number of nitrogens with one attached hydrogen (secondary N) is 3. The monoisotopic (exact) mass is 439 g/mol. The highest BCUT2D eigenvalue weighted by Gasteiger charge is 2.36. The SMILES string of the molecule is CC1=C(C(=O)O)C(c2cccc(Cl)c2)C(C(=O)NCC(=O)Nc2ccccc2)=C(C)N1. The maximum Gasteiger partial charge on any atom is 0.334 e. The normalized spacial score (nSPS) is 15.9. The number of anilines is 1. The molecule has 2 amide bonds. The van der Waals surface area contributed by atoms with Gasteiger partial charge in [-0.15, -0.1) is 0 Å². The van der Waals surface area contributed by atoms with Crippen molar-refractivity contribution in [2.24, 2.45) is 0 Å². The van der Waals surface area contributed by atoms with Crippen molar-refractivity contribution in [1.29, 1.82) is 0 Å². The van der Waals surface area contributed by atoms with Gasteiger partial charge in [-0.3, -0.25) is 9.59 Å². The first-order valence-electron chi connectivity index (χ1n) is 9.58. The summed E-state index contributed by atoms with van der Waals surface area (Å²) in [4.78, 5) is 37.3. The van der Waals surface area contributed by atoms with Gasteiger partial charge in [0.2, 0.25) is 11.8 Å². The quantitative estimate of drug-likeness (QED) is 0.551. The minimum absolute atomic E-state index is 0.0479. The van der Waals surface area contributed by atoms with Gasteiger partial charge in [0, 0.05) is 27.7 Å². The van der Waals surface area contributed by atoms with Crippen LogP contribution in [0, 0.1) is 0 Å². The van der Waals surface area contributed by atoms with Crippen molar-refractivity contribution in [3.05, 3.63) is 87.7 Å². The van der Waals surface area contributed by atoms with Crippen molar-refractivity contribution in [2.75, 3.05) is 11.9 Å². The summed E-state index contributed by atoms with van der Waals surface area (Å²) in [7, 11) is 0. The number of carboxylic acids is 1. The number of halogens is 1. The molecule has 0 aliphatic carbocycles. The minimum Gasteiger partial charge on any atom is -0.478 e. The van der Waals surface area contributed by atoms with E-state index in [1.165, 1.54) is 0 Å². The first-order chi connectivity index (χ1) is 14.8. The van der Waals surface area contributed by atoms with E-state index in [4.69, 9.17) is 11.6 Å². The van der Waals surface area contributed by atoms with E-state index >= 15 is 0 Å². The molecule has 0 radical (unpaired) electrons. The molecule has 0 saturated heterocycles. The van der Waals surface area contributed by atoms with E-state index in [1.54, 1.807) is 62.4 Å². The molecule has 0 spiro atoms. The van der Waals surface area contributed by atoms with Gasteiger partial charge in [0.15, 0.2) is 0 Å². The molecular formula is C23H22ClN3O4. The number of aliphatic carboxylic acids is 1. The number of hydrogen-bond acceptors (Lipinski definition) is 4. The Morgan fingerprint density at radius 2 is 1.68 bits per heavy atom. The molecule has 0 fully saturated rings. The van der Waals surface area contributed by atoms with Crippen LogP contribution in [0.1, 0.15) is 25.3 Å². The molecule has 1 aliphatic heterocycles. The van der Waals surface area contributed by atoms with Gasteiger partial charge in [-0.05, 0) is 43.7 Å². The molecule has 7 nitrogen and oxygen atoms in total. The highest BCUT2D eigenvalue weighted by molar-refractivity contribution is 6.30. The molecular weight excluding hydrogens is 418 g/mol.